The average Bonchev–Trinajstić information content (AvgIpc) is 3.64. The summed E-state index contributed by atoms with van der Waals surface area (Å²) in [6.45, 7) is 3.57. The van der Waals surface area contributed by atoms with Crippen LogP contribution in [0.25, 0.3) is 22.1 Å². The number of halogens is 2. The summed E-state index contributed by atoms with van der Waals surface area (Å²) >= 11 is 0. The second-order valence-electron chi connectivity index (χ2n) is 11.7. The maximum Gasteiger partial charge on any atom is 1.00 e. The Morgan fingerprint density at radius 1 is 0.347 bits per heavy atom. The zero-order chi connectivity index (χ0) is 31.0. The fourth-order valence-corrected chi connectivity index (χ4v) is 6.11. The number of hydrogen-bond acceptors (Lipinski definition) is 0. The molecule has 4 nitrogen and oxygen atoms in total. The van der Waals surface area contributed by atoms with Crippen molar-refractivity contribution in [3.8, 4) is 0 Å². The largest absolute Gasteiger partial charge is 1.00 e. The first-order chi connectivity index (χ1) is 22.8. The molecule has 7 heteroatoms. The van der Waals surface area contributed by atoms with Crippen LogP contribution in [0.2, 0.25) is 0 Å². The van der Waals surface area contributed by atoms with E-state index < -0.39 is 0 Å². The molecule has 0 unspecified atom stereocenters. The number of para-hydroxylation sites is 4. The molecule has 0 N–H and O–H groups in total. The summed E-state index contributed by atoms with van der Waals surface area (Å²) in [4.78, 5) is 0. The van der Waals surface area contributed by atoms with Crippen LogP contribution in [0.3, 0.4) is 0 Å². The Bertz CT molecular complexity index is 1840. The van der Waals surface area contributed by atoms with Crippen LogP contribution in [0.15, 0.2) is 183 Å². The molecule has 8 aromatic rings. The zero-order valence-electron chi connectivity index (χ0n) is 27.0. The summed E-state index contributed by atoms with van der Waals surface area (Å²) in [5.74, 6) is 0. The SMILES string of the molecule is [Au+].[Cl-].[Cl-].c1ccc(Cn2c[n+](Cc3ccccc3)c3ccccc32)cc1.c1ccc(Cn2c[n+](Cc3ccccc3)c3ccccc32)cc1. The first-order valence-electron chi connectivity index (χ1n) is 15.9. The second-order valence-corrected chi connectivity index (χ2v) is 11.7. The topological polar surface area (TPSA) is 17.6 Å². The standard InChI is InChI=1S/2C21H19N2.Au.2ClH/c2*1-3-9-18(10-4-1)15-22-17-23(16-19-11-5-2-6-12-19)21-14-8-7-13-20(21)22;;;/h2*1-14,17H,15-16H2;;2*1H/q3*+1;;/p-2. The van der Waals surface area contributed by atoms with Gasteiger partial charge in [0.05, 0.1) is 0 Å². The third-order valence-electron chi connectivity index (χ3n) is 8.34. The second kappa shape index (κ2) is 18.4. The molecular weight excluding hydrogens is 828 g/mol. The Labute approximate surface area is 316 Å². The van der Waals surface area contributed by atoms with Gasteiger partial charge in [-0.25, -0.2) is 18.3 Å². The van der Waals surface area contributed by atoms with Crippen molar-refractivity contribution in [1.82, 2.24) is 9.13 Å². The summed E-state index contributed by atoms with van der Waals surface area (Å²) in [7, 11) is 0. The molecule has 6 aromatic carbocycles. The summed E-state index contributed by atoms with van der Waals surface area (Å²) in [6.07, 6.45) is 4.45. The fraction of sp³-hybridized carbons (Fsp3) is 0.0952. The van der Waals surface area contributed by atoms with Gasteiger partial charge in [-0.1, -0.05) is 146 Å². The minimum atomic E-state index is 0. The monoisotopic (exact) mass is 865 g/mol. The van der Waals surface area contributed by atoms with E-state index in [1.54, 1.807) is 0 Å². The molecule has 0 aliphatic carbocycles. The molecule has 0 radical (unpaired) electrons. The molecule has 0 spiro atoms. The number of aromatic nitrogens is 4. The van der Waals surface area contributed by atoms with Crippen molar-refractivity contribution in [2.24, 2.45) is 0 Å². The first-order valence-corrected chi connectivity index (χ1v) is 15.9. The normalized spacial score (nSPS) is 10.3. The molecule has 2 heterocycles. The number of rotatable bonds is 8. The molecule has 0 saturated heterocycles. The van der Waals surface area contributed by atoms with Crippen molar-refractivity contribution >= 4 is 22.1 Å². The number of hydrogen-bond donors (Lipinski definition) is 0. The van der Waals surface area contributed by atoms with Crippen LogP contribution in [-0.4, -0.2) is 9.13 Å². The predicted octanol–water partition coefficient (Wildman–Crippen LogP) is 2.06. The molecule has 0 aliphatic rings. The van der Waals surface area contributed by atoms with E-state index in [-0.39, 0.29) is 47.2 Å². The number of nitrogens with zero attached hydrogens (tertiary/aromatic N) is 4. The third kappa shape index (κ3) is 9.39. The van der Waals surface area contributed by atoms with E-state index >= 15 is 0 Å². The van der Waals surface area contributed by atoms with Gasteiger partial charge in [-0.2, -0.15) is 0 Å². The van der Waals surface area contributed by atoms with E-state index in [2.05, 4.69) is 201 Å². The van der Waals surface area contributed by atoms with Gasteiger partial charge >= 0.3 is 22.4 Å². The molecule has 0 amide bonds. The van der Waals surface area contributed by atoms with Gasteiger partial charge in [0.1, 0.15) is 26.2 Å². The summed E-state index contributed by atoms with van der Waals surface area (Å²) in [6, 6.07) is 59.6. The Kier molecular flexibility index (Phi) is 14.0. The van der Waals surface area contributed by atoms with E-state index in [9.17, 15) is 0 Å². The van der Waals surface area contributed by atoms with E-state index in [1.807, 2.05) is 0 Å². The van der Waals surface area contributed by atoms with Crippen LogP contribution >= 0.6 is 0 Å². The molecule has 0 saturated carbocycles. The van der Waals surface area contributed by atoms with E-state index in [1.165, 1.54) is 44.3 Å². The quantitative estimate of drug-likeness (QED) is 0.165. The van der Waals surface area contributed by atoms with Gasteiger partial charge < -0.3 is 24.8 Å². The Morgan fingerprint density at radius 3 is 0.980 bits per heavy atom. The first kappa shape index (κ1) is 37.4. The molecule has 8 rings (SSSR count). The minimum Gasteiger partial charge on any atom is -1.00 e. The van der Waals surface area contributed by atoms with Crippen LogP contribution in [0.1, 0.15) is 22.3 Å². The Hall–Kier alpha value is -4.42. The maximum absolute atomic E-state index is 2.33. The average molecular weight is 867 g/mol. The number of imidazole rings is 2. The summed E-state index contributed by atoms with van der Waals surface area (Å²) in [5.41, 5.74) is 10.4. The Morgan fingerprint density at radius 2 is 0.633 bits per heavy atom. The van der Waals surface area contributed by atoms with Crippen molar-refractivity contribution in [2.45, 2.75) is 26.2 Å². The van der Waals surface area contributed by atoms with Gasteiger partial charge in [-0.05, 0) is 46.5 Å². The zero-order valence-corrected chi connectivity index (χ0v) is 30.7. The van der Waals surface area contributed by atoms with Crippen LogP contribution in [0.5, 0.6) is 0 Å². The van der Waals surface area contributed by atoms with Gasteiger partial charge in [0.25, 0.3) is 0 Å². The van der Waals surface area contributed by atoms with E-state index in [0.29, 0.717) is 0 Å². The van der Waals surface area contributed by atoms with E-state index in [4.69, 9.17) is 0 Å². The van der Waals surface area contributed by atoms with Crippen molar-refractivity contribution < 1.29 is 56.3 Å². The summed E-state index contributed by atoms with van der Waals surface area (Å²) in [5, 5.41) is 0. The van der Waals surface area contributed by atoms with Gasteiger partial charge in [-0.15, -0.1) is 0 Å². The van der Waals surface area contributed by atoms with Gasteiger partial charge in [0.2, 0.25) is 12.7 Å². The van der Waals surface area contributed by atoms with Gasteiger partial charge in [0, 0.05) is 0 Å². The Balaban J connectivity index is 0.000000208. The smallest absolute Gasteiger partial charge is 1.00 e. The van der Waals surface area contributed by atoms with Crippen LogP contribution in [0.4, 0.5) is 0 Å². The predicted molar refractivity (Wildman–Crippen MR) is 186 cm³/mol. The molecule has 0 bridgehead atoms. The van der Waals surface area contributed by atoms with Crippen LogP contribution in [0, 0.1) is 0 Å². The molecule has 0 aliphatic heterocycles. The van der Waals surface area contributed by atoms with Gasteiger partial charge in [-0.3, -0.25) is 0 Å². The van der Waals surface area contributed by atoms with Crippen LogP contribution in [-0.2, 0) is 48.6 Å². The van der Waals surface area contributed by atoms with Gasteiger partial charge in [0.15, 0.2) is 22.1 Å². The van der Waals surface area contributed by atoms with Crippen molar-refractivity contribution in [3.05, 3.63) is 205 Å². The molecule has 250 valence electrons. The molecular formula is C42H38AuCl2N4+. The van der Waals surface area contributed by atoms with E-state index in [0.717, 1.165) is 26.2 Å². The number of benzene rings is 6. The van der Waals surface area contributed by atoms with Crippen molar-refractivity contribution in [3.63, 3.8) is 0 Å². The molecule has 49 heavy (non-hydrogen) atoms. The minimum absolute atomic E-state index is 0. The fourth-order valence-electron chi connectivity index (χ4n) is 6.11. The molecule has 2 aromatic heterocycles. The van der Waals surface area contributed by atoms with Crippen molar-refractivity contribution in [2.75, 3.05) is 0 Å². The maximum atomic E-state index is 2.33. The van der Waals surface area contributed by atoms with Crippen LogP contribution < -0.4 is 33.9 Å². The summed E-state index contributed by atoms with van der Waals surface area (Å²) < 4.78 is 9.31. The molecule has 0 fully saturated rings. The molecule has 0 atom stereocenters. The number of fused-ring (bicyclic) bond motifs is 2. The van der Waals surface area contributed by atoms with Crippen molar-refractivity contribution in [1.29, 1.82) is 0 Å². The third-order valence-corrected chi connectivity index (χ3v) is 8.34.